The average Bonchev–Trinajstić information content (AvgIpc) is 2.27. The summed E-state index contributed by atoms with van der Waals surface area (Å²) in [5.74, 6) is -0.196. The van der Waals surface area contributed by atoms with Gasteiger partial charge in [-0.05, 0) is 6.92 Å². The molecule has 1 aromatic rings. The Bertz CT molecular complexity index is 357. The highest BCUT2D eigenvalue weighted by Crippen LogP contribution is 2.16. The van der Waals surface area contributed by atoms with E-state index >= 15 is 0 Å². The summed E-state index contributed by atoms with van der Waals surface area (Å²) in [7, 11) is 0. The van der Waals surface area contributed by atoms with Crippen LogP contribution in [-0.2, 0) is 9.53 Å². The van der Waals surface area contributed by atoms with Crippen LogP contribution >= 0.6 is 11.8 Å². The molecule has 0 aliphatic heterocycles. The van der Waals surface area contributed by atoms with Gasteiger partial charge in [-0.15, -0.1) is 0 Å². The van der Waals surface area contributed by atoms with E-state index < -0.39 is 0 Å². The highest BCUT2D eigenvalue weighted by Gasteiger charge is 2.08. The highest BCUT2D eigenvalue weighted by molar-refractivity contribution is 7.99. The predicted octanol–water partition coefficient (Wildman–Crippen LogP) is 0.944. The third kappa shape index (κ3) is 3.67. The van der Waals surface area contributed by atoms with Gasteiger partial charge in [0.15, 0.2) is 6.29 Å². The van der Waals surface area contributed by atoms with Gasteiger partial charge < -0.3 is 4.74 Å². The fraction of sp³-hybridized carbons (Fsp3) is 0.333. The second-order valence-corrected chi connectivity index (χ2v) is 3.42. The summed E-state index contributed by atoms with van der Waals surface area (Å²) in [6.45, 7) is 2.09. The van der Waals surface area contributed by atoms with E-state index in [2.05, 4.69) is 9.97 Å². The summed E-state index contributed by atoms with van der Waals surface area (Å²) in [5, 5.41) is 0.445. The van der Waals surface area contributed by atoms with Gasteiger partial charge in [0.2, 0.25) is 0 Å². The Hall–Kier alpha value is -1.43. The predicted molar refractivity (Wildman–Crippen MR) is 54.8 cm³/mol. The van der Waals surface area contributed by atoms with E-state index in [-0.39, 0.29) is 17.4 Å². The first kappa shape index (κ1) is 11.6. The molecular formula is C9H10N2O3S. The SMILES string of the molecule is CCOC(=O)CSc1nccnc1C=O. The molecule has 5 nitrogen and oxygen atoms in total. The Morgan fingerprint density at radius 2 is 2.27 bits per heavy atom. The highest BCUT2D eigenvalue weighted by atomic mass is 32.2. The summed E-state index contributed by atoms with van der Waals surface area (Å²) in [6.07, 6.45) is 3.51. The molecule has 0 N–H and O–H groups in total. The van der Waals surface area contributed by atoms with Gasteiger partial charge in [0.05, 0.1) is 12.4 Å². The molecule has 0 aromatic carbocycles. The molecule has 80 valence electrons. The molecule has 0 unspecified atom stereocenters. The molecule has 0 aliphatic rings. The lowest BCUT2D eigenvalue weighted by atomic mass is 10.5. The Kier molecular flexibility index (Phi) is 4.76. The van der Waals surface area contributed by atoms with Crippen molar-refractivity contribution >= 4 is 24.0 Å². The van der Waals surface area contributed by atoms with E-state index in [4.69, 9.17) is 4.74 Å². The number of rotatable bonds is 5. The lowest BCUT2D eigenvalue weighted by molar-refractivity contribution is -0.139. The fourth-order valence-electron chi connectivity index (χ4n) is 0.858. The van der Waals surface area contributed by atoms with Gasteiger partial charge in [0, 0.05) is 12.4 Å². The summed E-state index contributed by atoms with van der Waals surface area (Å²) in [4.78, 5) is 29.4. The van der Waals surface area contributed by atoms with Gasteiger partial charge in [-0.3, -0.25) is 9.59 Å². The molecule has 1 rings (SSSR count). The maximum absolute atomic E-state index is 11.0. The van der Waals surface area contributed by atoms with Crippen LogP contribution in [0.2, 0.25) is 0 Å². The first-order chi connectivity index (χ1) is 7.27. The normalized spacial score (nSPS) is 9.67. The minimum absolute atomic E-state index is 0.132. The Balaban J connectivity index is 2.57. The summed E-state index contributed by atoms with van der Waals surface area (Å²) in [6, 6.07) is 0. The summed E-state index contributed by atoms with van der Waals surface area (Å²) in [5.41, 5.74) is 0.242. The molecule has 0 bridgehead atoms. The van der Waals surface area contributed by atoms with Gasteiger partial charge in [-0.2, -0.15) is 0 Å². The number of esters is 1. The van der Waals surface area contributed by atoms with Crippen LogP contribution in [0.3, 0.4) is 0 Å². The van der Waals surface area contributed by atoms with Crippen LogP contribution < -0.4 is 0 Å². The molecule has 6 heteroatoms. The number of hydrogen-bond acceptors (Lipinski definition) is 6. The van der Waals surface area contributed by atoms with Crippen LogP contribution in [0, 0.1) is 0 Å². The van der Waals surface area contributed by atoms with E-state index in [1.54, 1.807) is 6.92 Å². The molecule has 0 saturated carbocycles. The number of ether oxygens (including phenoxy) is 1. The van der Waals surface area contributed by atoms with Gasteiger partial charge in [-0.1, -0.05) is 11.8 Å². The molecule has 15 heavy (non-hydrogen) atoms. The minimum Gasteiger partial charge on any atom is -0.465 e. The van der Waals surface area contributed by atoms with Gasteiger partial charge >= 0.3 is 5.97 Å². The van der Waals surface area contributed by atoms with E-state index in [9.17, 15) is 9.59 Å². The van der Waals surface area contributed by atoms with Crippen LogP contribution in [0.4, 0.5) is 0 Å². The minimum atomic E-state index is -0.329. The zero-order valence-electron chi connectivity index (χ0n) is 8.17. The molecular weight excluding hydrogens is 216 g/mol. The van der Waals surface area contributed by atoms with Crippen molar-refractivity contribution in [2.45, 2.75) is 11.9 Å². The second kappa shape index (κ2) is 6.13. The van der Waals surface area contributed by atoms with Crippen molar-refractivity contribution in [3.63, 3.8) is 0 Å². The van der Waals surface area contributed by atoms with E-state index in [1.165, 1.54) is 12.4 Å². The van der Waals surface area contributed by atoms with E-state index in [0.717, 1.165) is 11.8 Å². The molecule has 0 radical (unpaired) electrons. The number of aromatic nitrogens is 2. The average molecular weight is 226 g/mol. The van der Waals surface area contributed by atoms with Crippen molar-refractivity contribution in [3.8, 4) is 0 Å². The maximum Gasteiger partial charge on any atom is 0.316 e. The standard InChI is InChI=1S/C9H10N2O3S/c1-2-14-8(13)6-15-9-7(5-12)10-3-4-11-9/h3-5H,2,6H2,1H3. The van der Waals surface area contributed by atoms with Crippen molar-refractivity contribution in [2.24, 2.45) is 0 Å². The van der Waals surface area contributed by atoms with Gasteiger partial charge in [0.1, 0.15) is 10.7 Å². The number of carbonyl (C=O) groups is 2. The van der Waals surface area contributed by atoms with Crippen LogP contribution in [0.25, 0.3) is 0 Å². The fourth-order valence-corrected chi connectivity index (χ4v) is 1.58. The Morgan fingerprint density at radius 3 is 2.93 bits per heavy atom. The van der Waals surface area contributed by atoms with E-state index in [1.807, 2.05) is 0 Å². The molecule has 0 atom stereocenters. The number of aldehydes is 1. The topological polar surface area (TPSA) is 69.2 Å². The first-order valence-corrected chi connectivity index (χ1v) is 5.31. The van der Waals surface area contributed by atoms with Crippen molar-refractivity contribution in [1.29, 1.82) is 0 Å². The number of hydrogen-bond donors (Lipinski definition) is 0. The lowest BCUT2D eigenvalue weighted by Crippen LogP contribution is -2.07. The second-order valence-electron chi connectivity index (χ2n) is 2.46. The lowest BCUT2D eigenvalue weighted by Gasteiger charge is -2.02. The summed E-state index contributed by atoms with van der Waals surface area (Å²) >= 11 is 1.14. The van der Waals surface area contributed by atoms with Crippen molar-refractivity contribution in [2.75, 3.05) is 12.4 Å². The molecule has 0 spiro atoms. The molecule has 0 fully saturated rings. The third-order valence-corrected chi connectivity index (χ3v) is 2.40. The zero-order valence-corrected chi connectivity index (χ0v) is 8.99. The quantitative estimate of drug-likeness (QED) is 0.423. The van der Waals surface area contributed by atoms with E-state index in [0.29, 0.717) is 17.9 Å². The van der Waals surface area contributed by atoms with Gasteiger partial charge in [-0.25, -0.2) is 9.97 Å². The molecule has 1 heterocycles. The molecule has 1 aromatic heterocycles. The third-order valence-electron chi connectivity index (χ3n) is 1.43. The Labute approximate surface area is 91.3 Å². The largest absolute Gasteiger partial charge is 0.465 e. The van der Waals surface area contributed by atoms with Gasteiger partial charge in [0.25, 0.3) is 0 Å². The van der Waals surface area contributed by atoms with Crippen molar-refractivity contribution < 1.29 is 14.3 Å². The maximum atomic E-state index is 11.0. The number of carbonyl (C=O) groups excluding carboxylic acids is 2. The van der Waals surface area contributed by atoms with Crippen LogP contribution in [0.5, 0.6) is 0 Å². The zero-order chi connectivity index (χ0) is 11.1. The molecule has 0 saturated heterocycles. The Morgan fingerprint density at radius 1 is 1.53 bits per heavy atom. The van der Waals surface area contributed by atoms with Crippen molar-refractivity contribution in [3.05, 3.63) is 18.1 Å². The summed E-state index contributed by atoms with van der Waals surface area (Å²) < 4.78 is 4.74. The molecule has 0 aliphatic carbocycles. The first-order valence-electron chi connectivity index (χ1n) is 4.32. The van der Waals surface area contributed by atoms with Crippen LogP contribution in [-0.4, -0.2) is 34.6 Å². The van der Waals surface area contributed by atoms with Crippen LogP contribution in [0.1, 0.15) is 17.4 Å². The monoisotopic (exact) mass is 226 g/mol. The smallest absolute Gasteiger partial charge is 0.316 e. The molecule has 0 amide bonds. The van der Waals surface area contributed by atoms with Crippen molar-refractivity contribution in [1.82, 2.24) is 9.97 Å². The van der Waals surface area contributed by atoms with Crippen LogP contribution in [0.15, 0.2) is 17.4 Å². The number of thioether (sulfide) groups is 1. The number of nitrogens with zero attached hydrogens (tertiary/aromatic N) is 2.